The molecule has 2 aromatic heterocycles. The van der Waals surface area contributed by atoms with Crippen molar-refractivity contribution in [3.63, 3.8) is 0 Å². The Labute approximate surface area is 147 Å². The Morgan fingerprint density at radius 3 is 2.92 bits per heavy atom. The van der Waals surface area contributed by atoms with Crippen LogP contribution in [0.1, 0.15) is 71.9 Å². The number of aromatic amines is 1. The maximum Gasteiger partial charge on any atom is 0.267 e. The highest BCUT2D eigenvalue weighted by atomic mass is 16.1. The number of likely N-dealkylation sites (tertiary alicyclic amines) is 1. The fourth-order valence-corrected chi connectivity index (χ4v) is 3.83. The predicted molar refractivity (Wildman–Crippen MR) is 94.2 cm³/mol. The standard InChI is InChI=1S/C18H26N6O/c1-19-18(25)15-9-8-13(23(15)2)14-5-3-4-10-24(14)11-16-20-17(22-21-16)12-6-7-12/h8-9,12,14H,3-7,10-11H2,1-2H3,(H,19,25)(H,20,21,22). The lowest BCUT2D eigenvalue weighted by atomic mass is 9.99. The molecule has 7 nitrogen and oxygen atoms in total. The smallest absolute Gasteiger partial charge is 0.267 e. The maximum atomic E-state index is 12.0. The zero-order valence-corrected chi connectivity index (χ0v) is 15.0. The van der Waals surface area contributed by atoms with E-state index in [9.17, 15) is 4.79 Å². The molecular weight excluding hydrogens is 316 g/mol. The lowest BCUT2D eigenvalue weighted by Gasteiger charge is -2.35. The number of hydrogen-bond donors (Lipinski definition) is 2. The third kappa shape index (κ3) is 3.20. The summed E-state index contributed by atoms with van der Waals surface area (Å²) in [4.78, 5) is 19.2. The second-order valence-corrected chi connectivity index (χ2v) is 7.18. The summed E-state index contributed by atoms with van der Waals surface area (Å²) in [5.41, 5.74) is 1.90. The largest absolute Gasteiger partial charge is 0.354 e. The Bertz CT molecular complexity index is 759. The van der Waals surface area contributed by atoms with Crippen molar-refractivity contribution in [2.75, 3.05) is 13.6 Å². The van der Waals surface area contributed by atoms with Crippen LogP contribution in [-0.2, 0) is 13.6 Å². The SMILES string of the molecule is CNC(=O)c1ccc(C2CCCCN2Cc2nc(C3CC3)n[nH]2)n1C. The van der Waals surface area contributed by atoms with Gasteiger partial charge in [0, 0.05) is 25.7 Å². The summed E-state index contributed by atoms with van der Waals surface area (Å²) in [5, 5.41) is 10.2. The summed E-state index contributed by atoms with van der Waals surface area (Å²) in [6.07, 6.45) is 5.96. The molecule has 2 N–H and O–H groups in total. The van der Waals surface area contributed by atoms with E-state index in [-0.39, 0.29) is 5.91 Å². The first kappa shape index (κ1) is 16.3. The van der Waals surface area contributed by atoms with E-state index in [4.69, 9.17) is 0 Å². The van der Waals surface area contributed by atoms with Crippen molar-refractivity contribution in [2.24, 2.45) is 7.05 Å². The molecule has 2 fully saturated rings. The van der Waals surface area contributed by atoms with Crippen molar-refractivity contribution < 1.29 is 4.79 Å². The molecule has 2 aliphatic rings. The van der Waals surface area contributed by atoms with E-state index in [2.05, 4.69) is 31.5 Å². The number of hydrogen-bond acceptors (Lipinski definition) is 4. The Kier molecular flexibility index (Phi) is 4.33. The van der Waals surface area contributed by atoms with Gasteiger partial charge in [0.2, 0.25) is 0 Å². The molecule has 0 aromatic carbocycles. The number of carbonyl (C=O) groups is 1. The Morgan fingerprint density at radius 1 is 1.32 bits per heavy atom. The summed E-state index contributed by atoms with van der Waals surface area (Å²) in [6.45, 7) is 1.83. The molecule has 1 saturated heterocycles. The van der Waals surface area contributed by atoms with Gasteiger partial charge in [-0.1, -0.05) is 6.42 Å². The molecule has 1 atom stereocenters. The van der Waals surface area contributed by atoms with Gasteiger partial charge >= 0.3 is 0 Å². The molecule has 7 heteroatoms. The summed E-state index contributed by atoms with van der Waals surface area (Å²) < 4.78 is 2.03. The molecule has 4 rings (SSSR count). The van der Waals surface area contributed by atoms with Crippen molar-refractivity contribution in [1.82, 2.24) is 30.0 Å². The molecule has 0 spiro atoms. The second-order valence-electron chi connectivity index (χ2n) is 7.18. The number of piperidine rings is 1. The fourth-order valence-electron chi connectivity index (χ4n) is 3.83. The van der Waals surface area contributed by atoms with Crippen molar-refractivity contribution in [1.29, 1.82) is 0 Å². The molecule has 1 aliphatic carbocycles. The third-order valence-electron chi connectivity index (χ3n) is 5.42. The minimum Gasteiger partial charge on any atom is -0.354 e. The van der Waals surface area contributed by atoms with Crippen LogP contribution in [-0.4, -0.2) is 44.1 Å². The van der Waals surface area contributed by atoms with E-state index >= 15 is 0 Å². The topological polar surface area (TPSA) is 78.8 Å². The minimum atomic E-state index is -0.0413. The van der Waals surface area contributed by atoms with Gasteiger partial charge < -0.3 is 9.88 Å². The van der Waals surface area contributed by atoms with Gasteiger partial charge in [-0.3, -0.25) is 14.8 Å². The molecule has 1 saturated carbocycles. The van der Waals surface area contributed by atoms with Crippen LogP contribution in [0.25, 0.3) is 0 Å². The van der Waals surface area contributed by atoms with Crippen molar-refractivity contribution in [2.45, 2.75) is 50.6 Å². The Hall–Kier alpha value is -2.15. The van der Waals surface area contributed by atoms with Crippen molar-refractivity contribution in [3.8, 4) is 0 Å². The second kappa shape index (κ2) is 6.63. The zero-order valence-electron chi connectivity index (χ0n) is 15.0. The van der Waals surface area contributed by atoms with E-state index in [1.807, 2.05) is 17.7 Å². The number of nitrogens with zero attached hydrogens (tertiary/aromatic N) is 4. The molecule has 134 valence electrons. The van der Waals surface area contributed by atoms with Gasteiger partial charge in [-0.2, -0.15) is 5.10 Å². The minimum absolute atomic E-state index is 0.0413. The molecule has 1 aliphatic heterocycles. The van der Waals surface area contributed by atoms with Crippen LogP contribution in [0.4, 0.5) is 0 Å². The monoisotopic (exact) mass is 342 g/mol. The third-order valence-corrected chi connectivity index (χ3v) is 5.42. The van der Waals surface area contributed by atoms with Gasteiger partial charge in [0.1, 0.15) is 11.5 Å². The molecule has 0 bridgehead atoms. The lowest BCUT2D eigenvalue weighted by molar-refractivity contribution is 0.0952. The van der Waals surface area contributed by atoms with Crippen LogP contribution >= 0.6 is 0 Å². The van der Waals surface area contributed by atoms with E-state index in [1.165, 1.54) is 31.4 Å². The average molecular weight is 342 g/mol. The first-order chi connectivity index (χ1) is 12.2. The zero-order chi connectivity index (χ0) is 17.4. The summed E-state index contributed by atoms with van der Waals surface area (Å²) >= 11 is 0. The molecule has 1 unspecified atom stereocenters. The normalized spacial score (nSPS) is 21.4. The van der Waals surface area contributed by atoms with Crippen LogP contribution in [0, 0.1) is 0 Å². The molecule has 25 heavy (non-hydrogen) atoms. The van der Waals surface area contributed by atoms with E-state index in [1.54, 1.807) is 7.05 Å². The molecule has 1 amide bonds. The summed E-state index contributed by atoms with van der Waals surface area (Å²) in [5.74, 6) is 2.46. The van der Waals surface area contributed by atoms with Crippen molar-refractivity contribution in [3.05, 3.63) is 35.2 Å². The highest BCUT2D eigenvalue weighted by Gasteiger charge is 2.30. The molecule has 3 heterocycles. The quantitative estimate of drug-likeness (QED) is 0.872. The maximum absolute atomic E-state index is 12.0. The van der Waals surface area contributed by atoms with Crippen LogP contribution in [0.2, 0.25) is 0 Å². The first-order valence-electron chi connectivity index (χ1n) is 9.20. The highest BCUT2D eigenvalue weighted by Crippen LogP contribution is 2.38. The highest BCUT2D eigenvalue weighted by molar-refractivity contribution is 5.92. The van der Waals surface area contributed by atoms with E-state index in [0.717, 1.165) is 31.2 Å². The number of rotatable bonds is 5. The molecular formula is C18H26N6O. The molecule has 2 aromatic rings. The van der Waals surface area contributed by atoms with Crippen LogP contribution in [0.15, 0.2) is 12.1 Å². The lowest BCUT2D eigenvalue weighted by Crippen LogP contribution is -2.34. The van der Waals surface area contributed by atoms with Gasteiger partial charge in [0.25, 0.3) is 5.91 Å². The Morgan fingerprint density at radius 2 is 2.16 bits per heavy atom. The van der Waals surface area contributed by atoms with E-state index < -0.39 is 0 Å². The number of aromatic nitrogens is 4. The molecule has 0 radical (unpaired) electrons. The van der Waals surface area contributed by atoms with Crippen LogP contribution in [0.3, 0.4) is 0 Å². The van der Waals surface area contributed by atoms with Gasteiger partial charge in [0.15, 0.2) is 5.82 Å². The fraction of sp³-hybridized carbons (Fsp3) is 0.611. The number of H-pyrrole nitrogens is 1. The predicted octanol–water partition coefficient (Wildman–Crippen LogP) is 2.11. The number of amides is 1. The van der Waals surface area contributed by atoms with Crippen LogP contribution in [0.5, 0.6) is 0 Å². The van der Waals surface area contributed by atoms with E-state index in [0.29, 0.717) is 17.7 Å². The Balaban J connectivity index is 1.54. The first-order valence-corrected chi connectivity index (χ1v) is 9.20. The number of carbonyl (C=O) groups excluding carboxylic acids is 1. The van der Waals surface area contributed by atoms with Gasteiger partial charge in [-0.15, -0.1) is 0 Å². The number of nitrogens with one attached hydrogen (secondary N) is 2. The van der Waals surface area contributed by atoms with Crippen molar-refractivity contribution >= 4 is 5.91 Å². The van der Waals surface area contributed by atoms with Gasteiger partial charge in [0.05, 0.1) is 12.6 Å². The van der Waals surface area contributed by atoms with Crippen LogP contribution < -0.4 is 5.32 Å². The van der Waals surface area contributed by atoms with Gasteiger partial charge in [-0.05, 0) is 44.4 Å². The van der Waals surface area contributed by atoms with Gasteiger partial charge in [-0.25, -0.2) is 4.98 Å². The summed E-state index contributed by atoms with van der Waals surface area (Å²) in [6, 6.07) is 4.32. The average Bonchev–Trinajstić information content (AvgIpc) is 3.26. The summed E-state index contributed by atoms with van der Waals surface area (Å²) in [7, 11) is 3.65.